The van der Waals surface area contributed by atoms with Crippen LogP contribution in [-0.4, -0.2) is 25.2 Å². The number of carbonyl (C=O) groups excluding carboxylic acids is 1. The average Bonchev–Trinajstić information content (AvgIpc) is 2.27. The molecule has 0 fully saturated rings. The van der Waals surface area contributed by atoms with Crippen LogP contribution in [0.3, 0.4) is 0 Å². The zero-order valence-electron chi connectivity index (χ0n) is 10.0. The Morgan fingerprint density at radius 3 is 1.83 bits per heavy atom. The van der Waals surface area contributed by atoms with Crippen molar-refractivity contribution < 1.29 is 27.4 Å². The van der Waals surface area contributed by atoms with Crippen LogP contribution in [0.1, 0.15) is 24.2 Å². The SMILES string of the molecule is CCOc1cc(OCC)cc(C(=O)C(F)(F)F)c1. The number of rotatable bonds is 5. The van der Waals surface area contributed by atoms with E-state index in [1.54, 1.807) is 13.8 Å². The molecule has 0 heterocycles. The largest absolute Gasteiger partial charge is 0.494 e. The Morgan fingerprint density at radius 2 is 1.50 bits per heavy atom. The molecule has 18 heavy (non-hydrogen) atoms. The van der Waals surface area contributed by atoms with Crippen molar-refractivity contribution in [3.05, 3.63) is 23.8 Å². The zero-order chi connectivity index (χ0) is 13.8. The van der Waals surface area contributed by atoms with E-state index in [2.05, 4.69) is 0 Å². The summed E-state index contributed by atoms with van der Waals surface area (Å²) in [5, 5.41) is 0. The molecule has 0 atom stereocenters. The van der Waals surface area contributed by atoms with Gasteiger partial charge in [0.15, 0.2) is 0 Å². The lowest BCUT2D eigenvalue weighted by molar-refractivity contribution is -0.0885. The van der Waals surface area contributed by atoms with Gasteiger partial charge in [0.25, 0.3) is 5.78 Å². The summed E-state index contributed by atoms with van der Waals surface area (Å²) in [6, 6.07) is 3.56. The summed E-state index contributed by atoms with van der Waals surface area (Å²) in [5.74, 6) is -1.56. The van der Waals surface area contributed by atoms with E-state index in [1.807, 2.05) is 0 Å². The highest BCUT2D eigenvalue weighted by atomic mass is 19.4. The highest BCUT2D eigenvalue weighted by Gasteiger charge is 2.39. The van der Waals surface area contributed by atoms with Gasteiger partial charge >= 0.3 is 6.18 Å². The number of ketones is 1. The fourth-order valence-corrected chi connectivity index (χ4v) is 1.37. The molecule has 0 saturated heterocycles. The number of alkyl halides is 3. The van der Waals surface area contributed by atoms with Crippen molar-refractivity contribution in [2.24, 2.45) is 0 Å². The van der Waals surface area contributed by atoms with E-state index in [-0.39, 0.29) is 24.7 Å². The number of hydrogen-bond acceptors (Lipinski definition) is 3. The molecule has 3 nitrogen and oxygen atoms in total. The summed E-state index contributed by atoms with van der Waals surface area (Å²) < 4.78 is 47.2. The van der Waals surface area contributed by atoms with Crippen molar-refractivity contribution in [1.29, 1.82) is 0 Å². The second kappa shape index (κ2) is 5.75. The van der Waals surface area contributed by atoms with Crippen molar-refractivity contribution in [2.75, 3.05) is 13.2 Å². The van der Waals surface area contributed by atoms with Crippen LogP contribution in [0, 0.1) is 0 Å². The molecule has 0 aliphatic carbocycles. The molecule has 0 bridgehead atoms. The molecule has 1 aromatic rings. The fraction of sp³-hybridized carbons (Fsp3) is 0.417. The topological polar surface area (TPSA) is 35.5 Å². The summed E-state index contributed by atoms with van der Waals surface area (Å²) in [6.07, 6.45) is -4.91. The highest BCUT2D eigenvalue weighted by Crippen LogP contribution is 2.28. The Hall–Kier alpha value is -1.72. The second-order valence-electron chi connectivity index (χ2n) is 3.39. The highest BCUT2D eigenvalue weighted by molar-refractivity contribution is 6.00. The third-order valence-electron chi connectivity index (χ3n) is 2.02. The summed E-state index contributed by atoms with van der Waals surface area (Å²) in [7, 11) is 0. The molecule has 0 aromatic heterocycles. The lowest BCUT2D eigenvalue weighted by Crippen LogP contribution is -2.22. The lowest BCUT2D eigenvalue weighted by Gasteiger charge is -2.11. The first kappa shape index (κ1) is 14.3. The van der Waals surface area contributed by atoms with Gasteiger partial charge in [0.2, 0.25) is 0 Å². The van der Waals surface area contributed by atoms with Crippen LogP contribution in [0.2, 0.25) is 0 Å². The Kier molecular flexibility index (Phi) is 4.58. The Morgan fingerprint density at radius 1 is 1.06 bits per heavy atom. The van der Waals surface area contributed by atoms with Gasteiger partial charge in [-0.05, 0) is 26.0 Å². The summed E-state index contributed by atoms with van der Waals surface area (Å²) in [5.41, 5.74) is -0.489. The predicted octanol–water partition coefficient (Wildman–Crippen LogP) is 3.23. The molecule has 0 amide bonds. The summed E-state index contributed by atoms with van der Waals surface area (Å²) >= 11 is 0. The van der Waals surface area contributed by atoms with E-state index in [4.69, 9.17) is 9.47 Å². The van der Waals surface area contributed by atoms with E-state index in [0.29, 0.717) is 0 Å². The van der Waals surface area contributed by atoms with Crippen LogP contribution in [0.15, 0.2) is 18.2 Å². The Labute approximate surface area is 103 Å². The number of halogens is 3. The van der Waals surface area contributed by atoms with Gasteiger partial charge in [0.1, 0.15) is 11.5 Å². The molecule has 0 saturated carbocycles. The lowest BCUT2D eigenvalue weighted by atomic mass is 10.1. The van der Waals surface area contributed by atoms with Crippen molar-refractivity contribution in [1.82, 2.24) is 0 Å². The van der Waals surface area contributed by atoms with Crippen LogP contribution >= 0.6 is 0 Å². The maximum absolute atomic E-state index is 12.3. The molecular formula is C12H13F3O3. The molecule has 1 aromatic carbocycles. The minimum Gasteiger partial charge on any atom is -0.494 e. The predicted molar refractivity (Wildman–Crippen MR) is 59.2 cm³/mol. The molecular weight excluding hydrogens is 249 g/mol. The normalized spacial score (nSPS) is 11.2. The third-order valence-corrected chi connectivity index (χ3v) is 2.02. The minimum absolute atomic E-state index is 0.177. The standard InChI is InChI=1S/C12H13F3O3/c1-3-17-9-5-8(11(16)12(13,14)15)6-10(7-9)18-4-2/h5-7H,3-4H2,1-2H3. The molecule has 0 radical (unpaired) electrons. The van der Waals surface area contributed by atoms with Gasteiger partial charge in [-0.3, -0.25) is 4.79 Å². The van der Waals surface area contributed by atoms with Crippen LogP contribution in [0.25, 0.3) is 0 Å². The summed E-state index contributed by atoms with van der Waals surface area (Å²) in [6.45, 7) is 3.96. The Balaban J connectivity index is 3.14. The maximum atomic E-state index is 12.3. The second-order valence-corrected chi connectivity index (χ2v) is 3.39. The first-order chi connectivity index (χ1) is 8.38. The molecule has 0 N–H and O–H groups in total. The zero-order valence-corrected chi connectivity index (χ0v) is 10.0. The molecule has 0 unspecified atom stereocenters. The van der Waals surface area contributed by atoms with Gasteiger partial charge in [-0.25, -0.2) is 0 Å². The molecule has 0 aliphatic rings. The molecule has 100 valence electrons. The van der Waals surface area contributed by atoms with Gasteiger partial charge in [-0.1, -0.05) is 0 Å². The first-order valence-corrected chi connectivity index (χ1v) is 5.40. The number of ether oxygens (including phenoxy) is 2. The molecule has 0 spiro atoms. The Bertz CT molecular complexity index is 403. The molecule has 0 aliphatic heterocycles. The van der Waals surface area contributed by atoms with Crippen LogP contribution in [0.4, 0.5) is 13.2 Å². The van der Waals surface area contributed by atoms with E-state index in [0.717, 1.165) is 12.1 Å². The third kappa shape index (κ3) is 3.65. The monoisotopic (exact) mass is 262 g/mol. The van der Waals surface area contributed by atoms with Crippen molar-refractivity contribution in [3.63, 3.8) is 0 Å². The van der Waals surface area contributed by atoms with Crippen molar-refractivity contribution in [3.8, 4) is 11.5 Å². The van der Waals surface area contributed by atoms with Crippen LogP contribution < -0.4 is 9.47 Å². The van der Waals surface area contributed by atoms with Crippen molar-refractivity contribution in [2.45, 2.75) is 20.0 Å². The van der Waals surface area contributed by atoms with E-state index in [9.17, 15) is 18.0 Å². The minimum atomic E-state index is -4.91. The van der Waals surface area contributed by atoms with Gasteiger partial charge in [-0.2, -0.15) is 13.2 Å². The average molecular weight is 262 g/mol. The number of Topliss-reactive ketones (excluding diaryl/α,β-unsaturated/α-hetero) is 1. The fourth-order valence-electron chi connectivity index (χ4n) is 1.37. The smallest absolute Gasteiger partial charge is 0.454 e. The van der Waals surface area contributed by atoms with E-state index in [1.165, 1.54) is 6.07 Å². The van der Waals surface area contributed by atoms with Crippen LogP contribution in [-0.2, 0) is 0 Å². The summed E-state index contributed by atoms with van der Waals surface area (Å²) in [4.78, 5) is 11.1. The first-order valence-electron chi connectivity index (χ1n) is 5.40. The number of carbonyl (C=O) groups is 1. The molecule has 1 rings (SSSR count). The number of benzene rings is 1. The quantitative estimate of drug-likeness (QED) is 0.764. The van der Waals surface area contributed by atoms with Gasteiger partial charge in [0, 0.05) is 11.6 Å². The number of hydrogen-bond donors (Lipinski definition) is 0. The molecule has 6 heteroatoms. The van der Waals surface area contributed by atoms with Crippen molar-refractivity contribution >= 4 is 5.78 Å². The van der Waals surface area contributed by atoms with Gasteiger partial charge < -0.3 is 9.47 Å². The maximum Gasteiger partial charge on any atom is 0.454 e. The van der Waals surface area contributed by atoms with Gasteiger partial charge in [-0.15, -0.1) is 0 Å². The van der Waals surface area contributed by atoms with E-state index >= 15 is 0 Å². The van der Waals surface area contributed by atoms with Crippen LogP contribution in [0.5, 0.6) is 11.5 Å². The van der Waals surface area contributed by atoms with Gasteiger partial charge in [0.05, 0.1) is 13.2 Å². The van der Waals surface area contributed by atoms with E-state index < -0.39 is 17.5 Å².